The molecule has 0 fully saturated rings. The number of aromatic nitrogens is 1. The van der Waals surface area contributed by atoms with Crippen LogP contribution in [0.2, 0.25) is 0 Å². The summed E-state index contributed by atoms with van der Waals surface area (Å²) in [6.45, 7) is 6.80. The fraction of sp³-hybridized carbons (Fsp3) is 0.692. The number of hydrogen-bond acceptors (Lipinski definition) is 3. The summed E-state index contributed by atoms with van der Waals surface area (Å²) < 4.78 is 10.5. The molecule has 91 valence electrons. The molecule has 0 saturated heterocycles. The third-order valence-corrected chi connectivity index (χ3v) is 2.58. The van der Waals surface area contributed by atoms with Gasteiger partial charge in [0.2, 0.25) is 0 Å². The first-order valence-corrected chi connectivity index (χ1v) is 6.13. The Balaban J connectivity index is 1.91. The largest absolute Gasteiger partial charge is 0.379 e. The molecule has 1 atom stereocenters. The zero-order chi connectivity index (χ0) is 11.6. The highest BCUT2D eigenvalue weighted by Gasteiger charge is 2.01. The molecular formula is C13H22NO2. The van der Waals surface area contributed by atoms with E-state index in [0.29, 0.717) is 6.10 Å². The van der Waals surface area contributed by atoms with Gasteiger partial charge in [-0.2, -0.15) is 0 Å². The van der Waals surface area contributed by atoms with E-state index < -0.39 is 0 Å². The number of unbranched alkanes of at least 4 members (excludes halogenated alkanes) is 2. The van der Waals surface area contributed by atoms with E-state index in [1.165, 1.54) is 0 Å². The molecule has 3 nitrogen and oxygen atoms in total. The van der Waals surface area contributed by atoms with Crippen molar-refractivity contribution in [2.75, 3.05) is 6.61 Å². The van der Waals surface area contributed by atoms with Crippen molar-refractivity contribution in [3.8, 4) is 0 Å². The van der Waals surface area contributed by atoms with Crippen LogP contribution >= 0.6 is 0 Å². The van der Waals surface area contributed by atoms with Gasteiger partial charge in [0.25, 0.3) is 0 Å². The second-order valence-corrected chi connectivity index (χ2v) is 4.13. The zero-order valence-electron chi connectivity index (χ0n) is 10.2. The van der Waals surface area contributed by atoms with Gasteiger partial charge in [-0.3, -0.25) is 0 Å². The summed E-state index contributed by atoms with van der Waals surface area (Å²) in [5.41, 5.74) is 1.03. The topological polar surface area (TPSA) is 35.3 Å². The van der Waals surface area contributed by atoms with Gasteiger partial charge in [-0.05, 0) is 32.6 Å². The molecule has 0 aliphatic heterocycles. The minimum absolute atomic E-state index is 0.369. The molecule has 0 amide bonds. The van der Waals surface area contributed by atoms with E-state index in [-0.39, 0.29) is 0 Å². The molecule has 1 rings (SSSR count). The Labute approximate surface area is 98.2 Å². The summed E-state index contributed by atoms with van der Waals surface area (Å²) >= 11 is 0. The number of aryl methyl sites for hydroxylation is 1. The van der Waals surface area contributed by atoms with Crippen LogP contribution in [0.4, 0.5) is 0 Å². The minimum atomic E-state index is 0.369. The van der Waals surface area contributed by atoms with Crippen LogP contribution in [0.3, 0.4) is 0 Å². The van der Waals surface area contributed by atoms with Crippen LogP contribution in [0, 0.1) is 6.92 Å². The van der Waals surface area contributed by atoms with E-state index in [0.717, 1.165) is 50.8 Å². The highest BCUT2D eigenvalue weighted by molar-refractivity contribution is 4.94. The Morgan fingerprint density at radius 3 is 3.00 bits per heavy atom. The van der Waals surface area contributed by atoms with Crippen molar-refractivity contribution in [1.82, 2.24) is 5.16 Å². The first-order valence-electron chi connectivity index (χ1n) is 6.13. The van der Waals surface area contributed by atoms with Crippen LogP contribution in [0.25, 0.3) is 0 Å². The second kappa shape index (κ2) is 8.34. The van der Waals surface area contributed by atoms with E-state index >= 15 is 0 Å². The lowest BCUT2D eigenvalue weighted by Gasteiger charge is -2.11. The molecule has 1 unspecified atom stereocenters. The predicted octanol–water partition coefficient (Wildman–Crippen LogP) is 3.41. The Kier molecular flexibility index (Phi) is 6.90. The smallest absolute Gasteiger partial charge is 0.124 e. The van der Waals surface area contributed by atoms with Gasteiger partial charge in [0.05, 0.1) is 11.8 Å². The minimum Gasteiger partial charge on any atom is -0.379 e. The van der Waals surface area contributed by atoms with Crippen molar-refractivity contribution in [2.45, 2.75) is 51.6 Å². The average molecular weight is 224 g/mol. The van der Waals surface area contributed by atoms with Gasteiger partial charge in [-0.25, -0.2) is 0 Å². The summed E-state index contributed by atoms with van der Waals surface area (Å²) in [6.07, 6.45) is 8.43. The molecule has 1 aromatic rings. The number of rotatable bonds is 9. The van der Waals surface area contributed by atoms with Crippen molar-refractivity contribution in [1.29, 1.82) is 0 Å². The normalized spacial score (nSPS) is 12.9. The summed E-state index contributed by atoms with van der Waals surface area (Å²) in [6, 6.07) is 1.91. The third-order valence-electron chi connectivity index (χ3n) is 2.58. The summed E-state index contributed by atoms with van der Waals surface area (Å²) in [4.78, 5) is 0. The van der Waals surface area contributed by atoms with Gasteiger partial charge in [0.1, 0.15) is 6.26 Å². The van der Waals surface area contributed by atoms with Gasteiger partial charge >= 0.3 is 0 Å². The lowest BCUT2D eigenvalue weighted by atomic mass is 10.2. The Bertz CT molecular complexity index is 246. The van der Waals surface area contributed by atoms with Crippen molar-refractivity contribution >= 4 is 0 Å². The molecule has 0 saturated carbocycles. The van der Waals surface area contributed by atoms with Crippen LogP contribution in [-0.4, -0.2) is 17.9 Å². The van der Waals surface area contributed by atoms with Crippen molar-refractivity contribution in [3.05, 3.63) is 24.9 Å². The van der Waals surface area contributed by atoms with Gasteiger partial charge in [0, 0.05) is 12.7 Å². The molecule has 1 aromatic heterocycles. The molecule has 0 aliphatic rings. The first kappa shape index (κ1) is 13.2. The molecule has 1 heterocycles. The molecule has 0 spiro atoms. The third kappa shape index (κ3) is 5.91. The Morgan fingerprint density at radius 2 is 2.31 bits per heavy atom. The summed E-state index contributed by atoms with van der Waals surface area (Å²) in [5.74, 6) is 0. The maximum absolute atomic E-state index is 5.69. The second-order valence-electron chi connectivity index (χ2n) is 4.13. The predicted molar refractivity (Wildman–Crippen MR) is 64.1 cm³/mol. The molecule has 16 heavy (non-hydrogen) atoms. The fourth-order valence-electron chi connectivity index (χ4n) is 1.57. The van der Waals surface area contributed by atoms with Crippen molar-refractivity contribution in [3.63, 3.8) is 0 Å². The SMILES string of the molecule is [CH2]CCCC(C)OCCCCc1ccon1. The standard InChI is InChI=1S/C13H22NO2/c1-3-4-7-12(2)15-10-6-5-8-13-9-11-16-14-13/h9,11-12H,1,3-8,10H2,2H3. The summed E-state index contributed by atoms with van der Waals surface area (Å²) in [5, 5.41) is 3.87. The Hall–Kier alpha value is -0.830. The fourth-order valence-corrected chi connectivity index (χ4v) is 1.57. The van der Waals surface area contributed by atoms with Crippen LogP contribution in [-0.2, 0) is 11.2 Å². The Morgan fingerprint density at radius 1 is 1.44 bits per heavy atom. The molecule has 0 aliphatic carbocycles. The zero-order valence-corrected chi connectivity index (χ0v) is 10.2. The van der Waals surface area contributed by atoms with Crippen molar-refractivity contribution in [2.24, 2.45) is 0 Å². The van der Waals surface area contributed by atoms with E-state index in [2.05, 4.69) is 19.0 Å². The molecule has 3 heteroatoms. The number of nitrogens with zero attached hydrogens (tertiary/aromatic N) is 1. The lowest BCUT2D eigenvalue weighted by Crippen LogP contribution is -2.09. The number of ether oxygens (including phenoxy) is 1. The van der Waals surface area contributed by atoms with Gasteiger partial charge in [-0.15, -0.1) is 0 Å². The highest BCUT2D eigenvalue weighted by Crippen LogP contribution is 2.06. The van der Waals surface area contributed by atoms with Crippen LogP contribution in [0.5, 0.6) is 0 Å². The van der Waals surface area contributed by atoms with Gasteiger partial charge in [0.15, 0.2) is 0 Å². The molecule has 0 bridgehead atoms. The summed E-state index contributed by atoms with van der Waals surface area (Å²) in [7, 11) is 0. The average Bonchev–Trinajstić information content (AvgIpc) is 2.79. The first-order chi connectivity index (χ1) is 7.83. The van der Waals surface area contributed by atoms with Crippen LogP contribution in [0.15, 0.2) is 16.9 Å². The van der Waals surface area contributed by atoms with E-state index in [9.17, 15) is 0 Å². The maximum atomic E-state index is 5.69. The van der Waals surface area contributed by atoms with Crippen LogP contribution < -0.4 is 0 Å². The highest BCUT2D eigenvalue weighted by atomic mass is 16.5. The monoisotopic (exact) mass is 224 g/mol. The van der Waals surface area contributed by atoms with Crippen molar-refractivity contribution < 1.29 is 9.26 Å². The lowest BCUT2D eigenvalue weighted by molar-refractivity contribution is 0.0566. The van der Waals surface area contributed by atoms with E-state index in [1.807, 2.05) is 6.07 Å². The van der Waals surface area contributed by atoms with Gasteiger partial charge < -0.3 is 9.26 Å². The van der Waals surface area contributed by atoms with Gasteiger partial charge in [-0.1, -0.05) is 24.9 Å². The molecule has 1 radical (unpaired) electrons. The molecular weight excluding hydrogens is 202 g/mol. The number of hydrogen-bond donors (Lipinski definition) is 0. The van der Waals surface area contributed by atoms with Crippen LogP contribution in [0.1, 0.15) is 44.7 Å². The van der Waals surface area contributed by atoms with E-state index in [1.54, 1.807) is 6.26 Å². The molecule has 0 N–H and O–H groups in total. The van der Waals surface area contributed by atoms with E-state index in [4.69, 9.17) is 9.26 Å². The molecule has 0 aromatic carbocycles. The quantitative estimate of drug-likeness (QED) is 0.603. The maximum Gasteiger partial charge on any atom is 0.124 e.